The number of rotatable bonds is 2. The lowest BCUT2D eigenvalue weighted by atomic mass is 10.1. The van der Waals surface area contributed by atoms with Crippen LogP contribution in [0.3, 0.4) is 0 Å². The summed E-state index contributed by atoms with van der Waals surface area (Å²) in [4.78, 5) is 12.0. The molecule has 0 fully saturated rings. The van der Waals surface area contributed by atoms with Gasteiger partial charge in [0.2, 0.25) is 5.78 Å². The molecular weight excluding hydrogens is 310 g/mol. The van der Waals surface area contributed by atoms with Gasteiger partial charge >= 0.3 is 0 Å². The lowest BCUT2D eigenvalue weighted by molar-refractivity contribution is 0.101. The number of halogens is 3. The van der Waals surface area contributed by atoms with Crippen LogP contribution in [0.25, 0.3) is 0 Å². The van der Waals surface area contributed by atoms with Gasteiger partial charge in [0.1, 0.15) is 5.82 Å². The second-order valence-corrected chi connectivity index (χ2v) is 4.70. The maximum absolute atomic E-state index is 13.2. The van der Waals surface area contributed by atoms with Gasteiger partial charge in [0.25, 0.3) is 0 Å². The maximum Gasteiger partial charge on any atom is 0.229 e. The van der Waals surface area contributed by atoms with E-state index in [-0.39, 0.29) is 22.1 Å². The number of ketones is 1. The van der Waals surface area contributed by atoms with Crippen LogP contribution in [-0.4, -0.2) is 5.78 Å². The summed E-state index contributed by atoms with van der Waals surface area (Å²) in [7, 11) is 0. The summed E-state index contributed by atoms with van der Waals surface area (Å²) >= 11 is 8.94. The van der Waals surface area contributed by atoms with E-state index in [1.54, 1.807) is 13.0 Å². The summed E-state index contributed by atoms with van der Waals surface area (Å²) in [5.74, 6) is -0.652. The minimum Gasteiger partial charge on any atom is -0.446 e. The van der Waals surface area contributed by atoms with Crippen molar-refractivity contribution in [3.8, 4) is 0 Å². The zero-order valence-electron chi connectivity index (χ0n) is 8.76. The van der Waals surface area contributed by atoms with E-state index in [1.165, 1.54) is 12.1 Å². The molecule has 1 aromatic heterocycles. The molecule has 5 heteroatoms. The van der Waals surface area contributed by atoms with Crippen molar-refractivity contribution in [1.82, 2.24) is 0 Å². The van der Waals surface area contributed by atoms with Crippen LogP contribution in [0.15, 0.2) is 33.4 Å². The Morgan fingerprint density at radius 1 is 1.41 bits per heavy atom. The molecule has 0 N–H and O–H groups in total. The first-order valence-corrected chi connectivity index (χ1v) is 5.92. The predicted molar refractivity (Wildman–Crippen MR) is 66.0 cm³/mol. The van der Waals surface area contributed by atoms with Crippen LogP contribution in [0, 0.1) is 12.7 Å². The maximum atomic E-state index is 13.2. The molecule has 2 nitrogen and oxygen atoms in total. The van der Waals surface area contributed by atoms with Crippen LogP contribution in [-0.2, 0) is 0 Å². The number of hydrogen-bond acceptors (Lipinski definition) is 2. The summed E-state index contributed by atoms with van der Waals surface area (Å²) in [6.07, 6.45) is 0. The van der Waals surface area contributed by atoms with E-state index < -0.39 is 5.82 Å². The minimum absolute atomic E-state index is 0.0747. The lowest BCUT2D eigenvalue weighted by Crippen LogP contribution is -2.02. The lowest BCUT2D eigenvalue weighted by Gasteiger charge is -2.04. The van der Waals surface area contributed by atoms with Gasteiger partial charge in [-0.1, -0.05) is 11.6 Å². The molecule has 17 heavy (non-hydrogen) atoms. The topological polar surface area (TPSA) is 30.2 Å². The second kappa shape index (κ2) is 4.63. The van der Waals surface area contributed by atoms with Gasteiger partial charge in [-0.3, -0.25) is 4.79 Å². The van der Waals surface area contributed by atoms with E-state index in [9.17, 15) is 9.18 Å². The number of hydrogen-bond donors (Lipinski definition) is 0. The van der Waals surface area contributed by atoms with E-state index in [0.717, 1.165) is 6.07 Å². The van der Waals surface area contributed by atoms with Crippen molar-refractivity contribution in [2.75, 3.05) is 0 Å². The van der Waals surface area contributed by atoms with Gasteiger partial charge < -0.3 is 4.42 Å². The molecule has 88 valence electrons. The molecular formula is C12H7BrClFO2. The van der Waals surface area contributed by atoms with E-state index in [2.05, 4.69) is 15.9 Å². The molecule has 0 atom stereocenters. The molecule has 0 aliphatic rings. The number of carbonyl (C=O) groups is 1. The van der Waals surface area contributed by atoms with Crippen LogP contribution < -0.4 is 0 Å². The first kappa shape index (κ1) is 12.3. The van der Waals surface area contributed by atoms with Gasteiger partial charge in [0.05, 0.1) is 5.02 Å². The Morgan fingerprint density at radius 3 is 2.71 bits per heavy atom. The molecule has 0 spiro atoms. The van der Waals surface area contributed by atoms with Crippen molar-refractivity contribution in [3.63, 3.8) is 0 Å². The molecule has 2 aromatic rings. The van der Waals surface area contributed by atoms with Crippen molar-refractivity contribution in [2.45, 2.75) is 6.92 Å². The van der Waals surface area contributed by atoms with Gasteiger partial charge in [0.15, 0.2) is 10.4 Å². The Bertz CT molecular complexity index is 592. The molecule has 1 heterocycles. The second-order valence-electron chi connectivity index (χ2n) is 3.51. The van der Waals surface area contributed by atoms with Crippen molar-refractivity contribution in [2.24, 2.45) is 0 Å². The highest BCUT2D eigenvalue weighted by molar-refractivity contribution is 9.10. The van der Waals surface area contributed by atoms with E-state index in [4.69, 9.17) is 16.0 Å². The highest BCUT2D eigenvalue weighted by Gasteiger charge is 2.18. The quantitative estimate of drug-likeness (QED) is 0.770. The summed E-state index contributed by atoms with van der Waals surface area (Å²) in [6.45, 7) is 1.57. The van der Waals surface area contributed by atoms with Crippen molar-refractivity contribution >= 4 is 33.3 Å². The average molecular weight is 318 g/mol. The fourth-order valence-corrected chi connectivity index (χ4v) is 1.94. The predicted octanol–water partition coefficient (Wildman–Crippen LogP) is 4.37. The summed E-state index contributed by atoms with van der Waals surface area (Å²) in [5, 5.41) is 0.0747. The Balaban J connectivity index is 2.47. The smallest absolute Gasteiger partial charge is 0.229 e. The molecule has 0 aliphatic carbocycles. The van der Waals surface area contributed by atoms with Crippen LogP contribution in [0.4, 0.5) is 4.39 Å². The average Bonchev–Trinajstić information content (AvgIpc) is 2.69. The third-order valence-electron chi connectivity index (χ3n) is 2.29. The van der Waals surface area contributed by atoms with Crippen molar-refractivity contribution in [1.29, 1.82) is 0 Å². The highest BCUT2D eigenvalue weighted by atomic mass is 79.9. The van der Waals surface area contributed by atoms with Gasteiger partial charge in [-0.05, 0) is 52.7 Å². The molecule has 2 rings (SSSR count). The Morgan fingerprint density at radius 2 is 2.12 bits per heavy atom. The van der Waals surface area contributed by atoms with Crippen molar-refractivity contribution < 1.29 is 13.6 Å². The summed E-state index contributed by atoms with van der Waals surface area (Å²) in [5.41, 5.74) is 0.593. The van der Waals surface area contributed by atoms with Gasteiger partial charge in [0, 0.05) is 5.56 Å². The first-order valence-electron chi connectivity index (χ1n) is 4.74. The van der Waals surface area contributed by atoms with Gasteiger partial charge in [-0.25, -0.2) is 4.39 Å². The van der Waals surface area contributed by atoms with Crippen LogP contribution in [0.1, 0.15) is 21.7 Å². The Kier molecular flexibility index (Phi) is 3.35. The Hall–Kier alpha value is -1.13. The summed E-state index contributed by atoms with van der Waals surface area (Å²) in [6, 6.07) is 5.68. The molecule has 0 aliphatic heterocycles. The number of carbonyl (C=O) groups excluding carboxylic acids is 1. The molecule has 0 amide bonds. The standard InChI is InChI=1S/C12H7BrClFO2/c1-6-4-7(8(14)5-9(6)15)12(16)10-2-3-11(13)17-10/h2-5H,1H3. The van der Waals surface area contributed by atoms with Crippen LogP contribution in [0.5, 0.6) is 0 Å². The molecule has 1 aromatic carbocycles. The van der Waals surface area contributed by atoms with Crippen LogP contribution >= 0.6 is 27.5 Å². The fourth-order valence-electron chi connectivity index (χ4n) is 1.40. The number of furan rings is 1. The zero-order valence-corrected chi connectivity index (χ0v) is 11.1. The zero-order chi connectivity index (χ0) is 12.6. The normalized spacial score (nSPS) is 10.6. The molecule has 0 saturated carbocycles. The molecule has 0 bridgehead atoms. The third-order valence-corrected chi connectivity index (χ3v) is 3.03. The van der Waals surface area contributed by atoms with Crippen LogP contribution in [0.2, 0.25) is 5.02 Å². The highest BCUT2D eigenvalue weighted by Crippen LogP contribution is 2.24. The minimum atomic E-state index is -0.438. The third kappa shape index (κ3) is 2.42. The largest absolute Gasteiger partial charge is 0.446 e. The monoisotopic (exact) mass is 316 g/mol. The van der Waals surface area contributed by atoms with Crippen molar-refractivity contribution in [3.05, 3.63) is 56.7 Å². The first-order chi connectivity index (χ1) is 7.99. The molecule has 0 radical (unpaired) electrons. The van der Waals surface area contributed by atoms with Gasteiger partial charge in [-0.2, -0.15) is 0 Å². The molecule has 0 unspecified atom stereocenters. The Labute approximate surface area is 111 Å². The fraction of sp³-hybridized carbons (Fsp3) is 0.0833. The van der Waals surface area contributed by atoms with E-state index in [0.29, 0.717) is 10.2 Å². The van der Waals surface area contributed by atoms with E-state index in [1.807, 2.05) is 0 Å². The number of benzene rings is 1. The SMILES string of the molecule is Cc1cc(C(=O)c2ccc(Br)o2)c(Cl)cc1F. The summed E-state index contributed by atoms with van der Waals surface area (Å²) < 4.78 is 18.8. The molecule has 0 saturated heterocycles. The number of aryl methyl sites for hydroxylation is 1. The van der Waals surface area contributed by atoms with E-state index >= 15 is 0 Å². The van der Waals surface area contributed by atoms with Gasteiger partial charge in [-0.15, -0.1) is 0 Å².